The predicted octanol–water partition coefficient (Wildman–Crippen LogP) is 8.78. The third kappa shape index (κ3) is 20.7. The fraction of sp³-hybridized carbons (Fsp3) is 0.923. The van der Waals surface area contributed by atoms with Gasteiger partial charge in [0.25, 0.3) is 0 Å². The van der Waals surface area contributed by atoms with Crippen molar-refractivity contribution in [3.63, 3.8) is 0 Å². The van der Waals surface area contributed by atoms with Crippen molar-refractivity contribution in [2.75, 3.05) is 6.61 Å². The maximum absolute atomic E-state index is 6.29. The lowest BCUT2D eigenvalue weighted by Crippen LogP contribution is -2.39. The van der Waals surface area contributed by atoms with E-state index in [0.717, 1.165) is 32.3 Å². The molecule has 0 spiro atoms. The molecule has 0 saturated carbocycles. The highest BCUT2D eigenvalue weighted by molar-refractivity contribution is 6.64. The average molecular weight is 425 g/mol. The zero-order chi connectivity index (χ0) is 21.6. The minimum absolute atomic E-state index is 0.229. The summed E-state index contributed by atoms with van der Waals surface area (Å²) in [6, 6.07) is 0. The molecule has 1 unspecified atom stereocenters. The molecule has 0 aliphatic carbocycles. The van der Waals surface area contributed by atoms with Crippen LogP contribution in [-0.4, -0.2) is 21.3 Å². The third-order valence-electron chi connectivity index (χ3n) is 5.43. The van der Waals surface area contributed by atoms with Crippen molar-refractivity contribution in [3.05, 3.63) is 0 Å². The highest BCUT2D eigenvalue weighted by Gasteiger charge is 2.27. The second-order valence-corrected chi connectivity index (χ2v) is 12.3. The number of hydrogen-bond donors (Lipinski definition) is 0. The number of hydrogen-bond acceptors (Lipinski definition) is 2. The first kappa shape index (κ1) is 28.7. The molecule has 3 heteroatoms. The Morgan fingerprint density at radius 3 is 1.66 bits per heavy atom. The summed E-state index contributed by atoms with van der Waals surface area (Å²) in [6.45, 7) is 11.9. The van der Waals surface area contributed by atoms with Crippen LogP contribution < -0.4 is 0 Å². The van der Waals surface area contributed by atoms with E-state index in [4.69, 9.17) is 8.85 Å². The second-order valence-electron chi connectivity index (χ2n) is 8.95. The zero-order valence-electron chi connectivity index (χ0n) is 20.6. The van der Waals surface area contributed by atoms with Crippen molar-refractivity contribution in [1.29, 1.82) is 0 Å². The molecule has 0 amide bonds. The van der Waals surface area contributed by atoms with Crippen LogP contribution in [0.4, 0.5) is 0 Å². The van der Waals surface area contributed by atoms with E-state index < -0.39 is 8.56 Å². The van der Waals surface area contributed by atoms with Gasteiger partial charge in [0.05, 0.1) is 6.10 Å². The maximum Gasteiger partial charge on any atom is 0.331 e. The van der Waals surface area contributed by atoms with Crippen molar-refractivity contribution in [3.8, 4) is 11.8 Å². The summed E-state index contributed by atoms with van der Waals surface area (Å²) < 4.78 is 12.5. The molecule has 0 bridgehead atoms. The van der Waals surface area contributed by atoms with Crippen LogP contribution in [0.3, 0.4) is 0 Å². The van der Waals surface area contributed by atoms with Crippen molar-refractivity contribution >= 4 is 8.56 Å². The van der Waals surface area contributed by atoms with Gasteiger partial charge in [0, 0.05) is 19.4 Å². The van der Waals surface area contributed by atoms with Gasteiger partial charge in [-0.25, -0.2) is 0 Å². The van der Waals surface area contributed by atoms with Crippen LogP contribution in [0.1, 0.15) is 130 Å². The fourth-order valence-corrected chi connectivity index (χ4v) is 5.30. The van der Waals surface area contributed by atoms with Crippen LogP contribution in [0.25, 0.3) is 0 Å². The molecule has 1 atom stereocenters. The minimum Gasteiger partial charge on any atom is -0.395 e. The summed E-state index contributed by atoms with van der Waals surface area (Å²) in [4.78, 5) is 0. The van der Waals surface area contributed by atoms with Crippen LogP contribution in [-0.2, 0) is 8.85 Å². The lowest BCUT2D eigenvalue weighted by Gasteiger charge is -2.27. The Bertz CT molecular complexity index is 397. The van der Waals surface area contributed by atoms with E-state index in [-0.39, 0.29) is 6.10 Å². The van der Waals surface area contributed by atoms with Crippen LogP contribution in [0.15, 0.2) is 0 Å². The molecule has 0 aromatic rings. The van der Waals surface area contributed by atoms with Gasteiger partial charge in [0.15, 0.2) is 0 Å². The molecule has 0 saturated heterocycles. The van der Waals surface area contributed by atoms with Crippen molar-refractivity contribution < 1.29 is 8.85 Å². The van der Waals surface area contributed by atoms with Gasteiger partial charge in [0.2, 0.25) is 0 Å². The molecule has 0 heterocycles. The predicted molar refractivity (Wildman–Crippen MR) is 132 cm³/mol. The molecule has 0 aliphatic rings. The Labute approximate surface area is 185 Å². The van der Waals surface area contributed by atoms with Crippen LogP contribution in [0.5, 0.6) is 0 Å². The van der Waals surface area contributed by atoms with Crippen LogP contribution in [0, 0.1) is 11.8 Å². The van der Waals surface area contributed by atoms with Gasteiger partial charge in [-0.2, -0.15) is 0 Å². The molecular weight excluding hydrogens is 372 g/mol. The second kappa shape index (κ2) is 20.9. The highest BCUT2D eigenvalue weighted by atomic mass is 28.4. The first-order valence-corrected chi connectivity index (χ1v) is 15.6. The molecule has 0 aromatic heterocycles. The summed E-state index contributed by atoms with van der Waals surface area (Å²) in [5.74, 6) is 6.50. The van der Waals surface area contributed by atoms with Crippen molar-refractivity contribution in [2.24, 2.45) is 0 Å². The SMILES string of the molecule is CCCC#CCC(CC)O[Si](C)(C)OCCCCCCCCCCCCCCC. The average Bonchev–Trinajstić information content (AvgIpc) is 2.70. The fourth-order valence-electron chi connectivity index (χ4n) is 3.54. The van der Waals surface area contributed by atoms with E-state index in [9.17, 15) is 0 Å². The Hall–Kier alpha value is -0.303. The number of rotatable bonds is 20. The lowest BCUT2D eigenvalue weighted by molar-refractivity contribution is 0.119. The van der Waals surface area contributed by atoms with E-state index in [1.807, 2.05) is 0 Å². The Morgan fingerprint density at radius 2 is 1.17 bits per heavy atom. The van der Waals surface area contributed by atoms with Gasteiger partial charge in [-0.1, -0.05) is 97.8 Å². The summed E-state index contributed by atoms with van der Waals surface area (Å²) in [7, 11) is -2.03. The molecule has 0 radical (unpaired) electrons. The molecule has 0 N–H and O–H groups in total. The summed E-state index contributed by atoms with van der Waals surface area (Å²) >= 11 is 0. The largest absolute Gasteiger partial charge is 0.395 e. The van der Waals surface area contributed by atoms with Crippen molar-refractivity contribution in [2.45, 2.75) is 149 Å². The summed E-state index contributed by atoms with van der Waals surface area (Å²) in [5, 5.41) is 0. The third-order valence-corrected chi connectivity index (χ3v) is 7.23. The standard InChI is InChI=1S/C26H52O2Si/c1-6-9-11-13-14-15-16-17-18-19-20-21-23-25-27-29(4,5)28-26(8-3)24-22-12-10-7-2/h26H,6-11,13-21,23-25H2,1-5H3. The molecular formula is C26H52O2Si. The highest BCUT2D eigenvalue weighted by Crippen LogP contribution is 2.16. The van der Waals surface area contributed by atoms with Gasteiger partial charge in [-0.15, -0.1) is 11.8 Å². The minimum atomic E-state index is -2.03. The quantitative estimate of drug-likeness (QED) is 0.110. The van der Waals surface area contributed by atoms with Gasteiger partial charge in [-0.05, 0) is 32.4 Å². The Kier molecular flexibility index (Phi) is 20.7. The maximum atomic E-state index is 6.29. The smallest absolute Gasteiger partial charge is 0.331 e. The van der Waals surface area contributed by atoms with Crippen LogP contribution >= 0.6 is 0 Å². The van der Waals surface area contributed by atoms with E-state index in [2.05, 4.69) is 45.7 Å². The first-order chi connectivity index (χ1) is 14.1. The van der Waals surface area contributed by atoms with E-state index in [1.165, 1.54) is 83.5 Å². The van der Waals surface area contributed by atoms with Gasteiger partial charge < -0.3 is 8.85 Å². The van der Waals surface area contributed by atoms with Gasteiger partial charge in [-0.3, -0.25) is 0 Å². The molecule has 0 fully saturated rings. The Balaban J connectivity index is 3.57. The lowest BCUT2D eigenvalue weighted by atomic mass is 10.0. The normalized spacial score (nSPS) is 12.6. The van der Waals surface area contributed by atoms with E-state index in [1.54, 1.807) is 0 Å². The topological polar surface area (TPSA) is 18.5 Å². The molecule has 29 heavy (non-hydrogen) atoms. The molecule has 0 rings (SSSR count). The van der Waals surface area contributed by atoms with E-state index >= 15 is 0 Å². The molecule has 2 nitrogen and oxygen atoms in total. The Morgan fingerprint density at radius 1 is 0.655 bits per heavy atom. The first-order valence-electron chi connectivity index (χ1n) is 12.8. The molecule has 172 valence electrons. The number of unbranched alkanes of at least 4 members (excludes halogenated alkanes) is 13. The zero-order valence-corrected chi connectivity index (χ0v) is 21.6. The summed E-state index contributed by atoms with van der Waals surface area (Å²) in [5.41, 5.74) is 0. The monoisotopic (exact) mass is 424 g/mol. The van der Waals surface area contributed by atoms with Gasteiger partial charge in [0.1, 0.15) is 0 Å². The van der Waals surface area contributed by atoms with Crippen molar-refractivity contribution in [1.82, 2.24) is 0 Å². The van der Waals surface area contributed by atoms with Crippen LogP contribution in [0.2, 0.25) is 13.1 Å². The van der Waals surface area contributed by atoms with E-state index in [0.29, 0.717) is 0 Å². The molecule has 0 aliphatic heterocycles. The molecule has 0 aromatic carbocycles. The summed E-state index contributed by atoms with van der Waals surface area (Å²) in [6.07, 6.45) is 22.2. The van der Waals surface area contributed by atoms with Gasteiger partial charge >= 0.3 is 8.56 Å².